The van der Waals surface area contributed by atoms with Gasteiger partial charge < -0.3 is 0 Å². The Kier molecular flexibility index (Phi) is 5.52. The lowest BCUT2D eigenvalue weighted by Crippen LogP contribution is -2.63. The Balaban J connectivity index is 1.24. The smallest absolute Gasteiger partial charge is 0.211 e. The van der Waals surface area contributed by atoms with Gasteiger partial charge in [-0.2, -0.15) is 5.26 Å². The highest BCUT2D eigenvalue weighted by molar-refractivity contribution is 7.88. The summed E-state index contributed by atoms with van der Waals surface area (Å²) in [6.45, 7) is 3.23. The Morgan fingerprint density at radius 1 is 1.14 bits per heavy atom. The van der Waals surface area contributed by atoms with Crippen molar-refractivity contribution in [3.63, 3.8) is 0 Å². The highest BCUT2D eigenvalue weighted by Gasteiger charge is 2.47. The van der Waals surface area contributed by atoms with E-state index in [-0.39, 0.29) is 5.54 Å². The average molecular weight is 402 g/mol. The van der Waals surface area contributed by atoms with Gasteiger partial charge in [0.15, 0.2) is 0 Å². The maximum Gasteiger partial charge on any atom is 0.211 e. The molecule has 0 radical (unpaired) electrons. The van der Waals surface area contributed by atoms with E-state index in [4.69, 9.17) is 0 Å². The fourth-order valence-electron chi connectivity index (χ4n) is 5.25. The summed E-state index contributed by atoms with van der Waals surface area (Å²) in [5, 5.41) is 9.36. The zero-order valence-corrected chi connectivity index (χ0v) is 17.6. The third kappa shape index (κ3) is 4.12. The van der Waals surface area contributed by atoms with Crippen LogP contribution in [0.25, 0.3) is 0 Å². The number of likely N-dealkylation sites (tertiary alicyclic amines) is 1. The molecule has 1 aromatic carbocycles. The minimum atomic E-state index is -3.12. The summed E-state index contributed by atoms with van der Waals surface area (Å²) in [5.74, 6) is 2.35. The fourth-order valence-corrected chi connectivity index (χ4v) is 6.10. The van der Waals surface area contributed by atoms with Crippen molar-refractivity contribution in [2.75, 3.05) is 32.4 Å². The molecule has 2 aliphatic heterocycles. The van der Waals surface area contributed by atoms with E-state index in [0.29, 0.717) is 19.5 Å². The molecule has 6 heteroatoms. The topological polar surface area (TPSA) is 64.4 Å². The third-order valence-electron chi connectivity index (χ3n) is 7.25. The first-order valence-corrected chi connectivity index (χ1v) is 12.4. The molecule has 0 aromatic heterocycles. The number of nitriles is 1. The summed E-state index contributed by atoms with van der Waals surface area (Å²) >= 11 is 0. The van der Waals surface area contributed by atoms with E-state index in [1.807, 2.05) is 0 Å². The van der Waals surface area contributed by atoms with Gasteiger partial charge in [-0.05, 0) is 55.4 Å². The molecule has 28 heavy (non-hydrogen) atoms. The fraction of sp³-hybridized carbons (Fsp3) is 0.682. The predicted octanol–water partition coefficient (Wildman–Crippen LogP) is 3.21. The quantitative estimate of drug-likeness (QED) is 0.704. The molecule has 2 unspecified atom stereocenters. The summed E-state index contributed by atoms with van der Waals surface area (Å²) in [5.41, 5.74) is 1.38. The number of hydrogen-bond donors (Lipinski definition) is 0. The van der Waals surface area contributed by atoms with E-state index in [2.05, 4.69) is 41.3 Å². The van der Waals surface area contributed by atoms with Crippen molar-refractivity contribution in [2.45, 2.75) is 50.0 Å². The van der Waals surface area contributed by atoms with Crippen LogP contribution in [-0.4, -0.2) is 55.6 Å². The first-order valence-electron chi connectivity index (χ1n) is 10.5. The molecule has 0 amide bonds. The van der Waals surface area contributed by atoms with E-state index in [0.717, 1.165) is 43.7 Å². The van der Waals surface area contributed by atoms with Crippen LogP contribution in [0, 0.1) is 23.2 Å². The van der Waals surface area contributed by atoms with E-state index in [1.54, 1.807) is 4.31 Å². The SMILES string of the molecule is CS(=O)(=O)N1CCC(CC#N)(N2CC(CCC3CC3c3ccccc3)C2)CC1. The van der Waals surface area contributed by atoms with Gasteiger partial charge in [0, 0.05) is 31.7 Å². The zero-order valence-electron chi connectivity index (χ0n) is 16.8. The lowest BCUT2D eigenvalue weighted by atomic mass is 9.78. The Morgan fingerprint density at radius 2 is 1.82 bits per heavy atom. The average Bonchev–Trinajstić information content (AvgIpc) is 3.41. The molecule has 4 rings (SSSR count). The van der Waals surface area contributed by atoms with E-state index >= 15 is 0 Å². The molecule has 0 spiro atoms. The second-order valence-electron chi connectivity index (χ2n) is 9.08. The van der Waals surface area contributed by atoms with Gasteiger partial charge in [-0.25, -0.2) is 12.7 Å². The van der Waals surface area contributed by atoms with Crippen molar-refractivity contribution in [3.05, 3.63) is 35.9 Å². The van der Waals surface area contributed by atoms with Crippen molar-refractivity contribution in [1.29, 1.82) is 5.26 Å². The zero-order chi connectivity index (χ0) is 19.8. The first-order chi connectivity index (χ1) is 13.4. The molecular formula is C22H31N3O2S. The summed E-state index contributed by atoms with van der Waals surface area (Å²) in [6.07, 6.45) is 7.27. The van der Waals surface area contributed by atoms with Crippen LogP contribution in [-0.2, 0) is 10.0 Å². The maximum atomic E-state index is 11.8. The molecule has 3 fully saturated rings. The number of rotatable bonds is 7. The van der Waals surface area contributed by atoms with Crippen LogP contribution in [0.15, 0.2) is 30.3 Å². The number of benzene rings is 1. The molecule has 2 saturated heterocycles. The van der Waals surface area contributed by atoms with Gasteiger partial charge >= 0.3 is 0 Å². The second-order valence-corrected chi connectivity index (χ2v) is 11.1. The second kappa shape index (κ2) is 7.78. The van der Waals surface area contributed by atoms with Gasteiger partial charge in [0.2, 0.25) is 10.0 Å². The predicted molar refractivity (Wildman–Crippen MR) is 110 cm³/mol. The number of sulfonamides is 1. The monoisotopic (exact) mass is 401 g/mol. The van der Waals surface area contributed by atoms with E-state index < -0.39 is 10.0 Å². The molecule has 3 aliphatic rings. The van der Waals surface area contributed by atoms with Crippen molar-refractivity contribution in [2.24, 2.45) is 11.8 Å². The van der Waals surface area contributed by atoms with E-state index in [9.17, 15) is 13.7 Å². The van der Waals surface area contributed by atoms with Crippen LogP contribution in [0.5, 0.6) is 0 Å². The molecule has 2 atom stereocenters. The van der Waals surface area contributed by atoms with Crippen molar-refractivity contribution >= 4 is 10.0 Å². The Labute approximate surface area is 169 Å². The summed E-state index contributed by atoms with van der Waals surface area (Å²) in [7, 11) is -3.12. The Bertz CT molecular complexity index is 819. The van der Waals surface area contributed by atoms with Gasteiger partial charge in [0.25, 0.3) is 0 Å². The third-order valence-corrected chi connectivity index (χ3v) is 8.56. The molecule has 1 aromatic rings. The Morgan fingerprint density at radius 3 is 2.43 bits per heavy atom. The van der Waals surface area contributed by atoms with Crippen molar-refractivity contribution < 1.29 is 8.42 Å². The molecule has 0 N–H and O–H groups in total. The Hall–Kier alpha value is -1.42. The normalized spacial score (nSPS) is 28.4. The molecule has 1 aliphatic carbocycles. The van der Waals surface area contributed by atoms with Crippen LogP contribution < -0.4 is 0 Å². The van der Waals surface area contributed by atoms with Crippen LogP contribution in [0.4, 0.5) is 0 Å². The van der Waals surface area contributed by atoms with Gasteiger partial charge in [-0.15, -0.1) is 0 Å². The minimum absolute atomic E-state index is 0.113. The molecule has 5 nitrogen and oxygen atoms in total. The molecule has 2 heterocycles. The number of piperidine rings is 1. The number of hydrogen-bond acceptors (Lipinski definition) is 4. The van der Waals surface area contributed by atoms with Crippen molar-refractivity contribution in [1.82, 2.24) is 9.21 Å². The van der Waals surface area contributed by atoms with Crippen LogP contribution in [0.1, 0.15) is 50.0 Å². The van der Waals surface area contributed by atoms with Gasteiger partial charge in [0.1, 0.15) is 0 Å². The molecular weight excluding hydrogens is 370 g/mol. The summed E-state index contributed by atoms with van der Waals surface area (Å²) < 4.78 is 25.1. The minimum Gasteiger partial charge on any atom is -0.296 e. The first kappa shape index (κ1) is 19.9. The standard InChI is InChI=1S/C22H31N3O2S/c1-28(26,27)25-13-10-22(9-12-23,11-14-25)24-16-18(17-24)7-8-20-15-21(20)19-5-3-2-4-6-19/h2-6,18,20-21H,7-11,13-17H2,1H3. The van der Waals surface area contributed by atoms with E-state index in [1.165, 1.54) is 31.1 Å². The highest BCUT2D eigenvalue weighted by atomic mass is 32.2. The number of nitrogens with zero attached hydrogens (tertiary/aromatic N) is 3. The summed E-state index contributed by atoms with van der Waals surface area (Å²) in [4.78, 5) is 2.47. The van der Waals surface area contributed by atoms with Crippen molar-refractivity contribution in [3.8, 4) is 6.07 Å². The molecule has 1 saturated carbocycles. The molecule has 0 bridgehead atoms. The lowest BCUT2D eigenvalue weighted by molar-refractivity contribution is -0.0430. The lowest BCUT2D eigenvalue weighted by Gasteiger charge is -2.54. The van der Waals surface area contributed by atoms with Crippen LogP contribution >= 0.6 is 0 Å². The highest BCUT2D eigenvalue weighted by Crippen LogP contribution is 2.51. The van der Waals surface area contributed by atoms with Crippen LogP contribution in [0.3, 0.4) is 0 Å². The van der Waals surface area contributed by atoms with Gasteiger partial charge in [-0.1, -0.05) is 30.3 Å². The largest absolute Gasteiger partial charge is 0.296 e. The summed E-state index contributed by atoms with van der Waals surface area (Å²) in [6, 6.07) is 13.2. The van der Waals surface area contributed by atoms with Gasteiger partial charge in [0.05, 0.1) is 18.7 Å². The maximum absolute atomic E-state index is 11.8. The molecule has 152 valence electrons. The van der Waals surface area contributed by atoms with Gasteiger partial charge in [-0.3, -0.25) is 4.90 Å². The van der Waals surface area contributed by atoms with Crippen LogP contribution in [0.2, 0.25) is 0 Å².